The molecule has 0 aromatic carbocycles. The van der Waals surface area contributed by atoms with E-state index in [0.717, 1.165) is 57.8 Å². The van der Waals surface area contributed by atoms with Crippen LogP contribution in [0.1, 0.15) is 22.6 Å². The smallest absolute Gasteiger partial charge is 0.273 e. The molecule has 1 fully saturated rings. The van der Waals surface area contributed by atoms with Crippen molar-refractivity contribution in [1.29, 1.82) is 0 Å². The second-order valence-corrected chi connectivity index (χ2v) is 6.14. The highest BCUT2D eigenvalue weighted by atomic mass is 16.2. The zero-order valence-electron chi connectivity index (χ0n) is 14.4. The molecule has 2 N–H and O–H groups in total. The fourth-order valence-corrected chi connectivity index (χ4v) is 2.80. The summed E-state index contributed by atoms with van der Waals surface area (Å²) in [5, 5.41) is 14.2. The summed E-state index contributed by atoms with van der Waals surface area (Å²) in [7, 11) is 0. The van der Waals surface area contributed by atoms with Crippen molar-refractivity contribution in [2.75, 3.05) is 39.3 Å². The number of aryl methyl sites for hydroxylation is 1. The lowest BCUT2D eigenvalue weighted by atomic mass is 10.2. The summed E-state index contributed by atoms with van der Waals surface area (Å²) in [5.41, 5.74) is 1.41. The molecule has 0 unspecified atom stereocenters. The van der Waals surface area contributed by atoms with Gasteiger partial charge in [0.2, 0.25) is 0 Å². The third-order valence-corrected chi connectivity index (χ3v) is 4.25. The molecule has 0 bridgehead atoms. The van der Waals surface area contributed by atoms with E-state index in [0.29, 0.717) is 12.2 Å². The molecule has 3 rings (SSSR count). The minimum Gasteiger partial charge on any atom is -0.351 e. The van der Waals surface area contributed by atoms with Crippen molar-refractivity contribution in [1.82, 2.24) is 35.5 Å². The van der Waals surface area contributed by atoms with E-state index in [4.69, 9.17) is 0 Å². The Morgan fingerprint density at radius 1 is 1.24 bits per heavy atom. The van der Waals surface area contributed by atoms with Crippen LogP contribution >= 0.6 is 0 Å². The molecule has 0 aliphatic carbocycles. The first-order chi connectivity index (χ1) is 12.3. The molecule has 0 atom stereocenters. The first-order valence-electron chi connectivity index (χ1n) is 8.82. The van der Waals surface area contributed by atoms with Crippen LogP contribution in [-0.4, -0.2) is 70.1 Å². The maximum atomic E-state index is 12.1. The first kappa shape index (κ1) is 17.5. The van der Waals surface area contributed by atoms with E-state index >= 15 is 0 Å². The summed E-state index contributed by atoms with van der Waals surface area (Å²) >= 11 is 0. The van der Waals surface area contributed by atoms with Crippen LogP contribution in [0.15, 0.2) is 30.6 Å². The topological polar surface area (TPSA) is 88.0 Å². The van der Waals surface area contributed by atoms with Gasteiger partial charge in [-0.3, -0.25) is 19.4 Å². The second-order valence-electron chi connectivity index (χ2n) is 6.14. The lowest BCUT2D eigenvalue weighted by Gasteiger charge is -2.26. The number of aromatic nitrogens is 4. The van der Waals surface area contributed by atoms with Gasteiger partial charge in [0.05, 0.1) is 12.7 Å². The van der Waals surface area contributed by atoms with Crippen molar-refractivity contribution in [2.24, 2.45) is 0 Å². The van der Waals surface area contributed by atoms with Crippen LogP contribution in [-0.2, 0) is 13.0 Å². The number of hydrogen-bond acceptors (Lipinski definition) is 6. The molecule has 8 nitrogen and oxygen atoms in total. The highest BCUT2D eigenvalue weighted by molar-refractivity contribution is 5.91. The Labute approximate surface area is 147 Å². The van der Waals surface area contributed by atoms with Crippen molar-refractivity contribution in [2.45, 2.75) is 19.4 Å². The van der Waals surface area contributed by atoms with Crippen LogP contribution in [0.3, 0.4) is 0 Å². The number of nitrogens with zero attached hydrogens (tertiary/aromatic N) is 5. The highest BCUT2D eigenvalue weighted by Crippen LogP contribution is 1.99. The van der Waals surface area contributed by atoms with Crippen LogP contribution in [0.5, 0.6) is 0 Å². The van der Waals surface area contributed by atoms with Crippen molar-refractivity contribution in [3.8, 4) is 0 Å². The van der Waals surface area contributed by atoms with Crippen molar-refractivity contribution in [3.63, 3.8) is 0 Å². The van der Waals surface area contributed by atoms with Gasteiger partial charge in [0.25, 0.3) is 5.91 Å². The Hall–Kier alpha value is -2.32. The van der Waals surface area contributed by atoms with Gasteiger partial charge in [-0.05, 0) is 25.0 Å². The average molecular weight is 343 g/mol. The Morgan fingerprint density at radius 2 is 2.12 bits per heavy atom. The molecular weight excluding hydrogens is 318 g/mol. The summed E-state index contributed by atoms with van der Waals surface area (Å²) in [6.45, 7) is 6.45. The molecule has 1 amide bonds. The van der Waals surface area contributed by atoms with Gasteiger partial charge in [0, 0.05) is 51.2 Å². The van der Waals surface area contributed by atoms with E-state index in [-0.39, 0.29) is 5.91 Å². The zero-order valence-corrected chi connectivity index (χ0v) is 14.4. The van der Waals surface area contributed by atoms with Crippen LogP contribution in [0.25, 0.3) is 0 Å². The molecule has 134 valence electrons. The van der Waals surface area contributed by atoms with E-state index in [1.54, 1.807) is 17.1 Å². The SMILES string of the molecule is O=C(NCCCc1ccccn1)c1cn(CCN2CCNCC2)nn1. The Balaban J connectivity index is 1.36. The highest BCUT2D eigenvalue weighted by Gasteiger charge is 2.12. The number of piperazine rings is 1. The minimum atomic E-state index is -0.172. The summed E-state index contributed by atoms with van der Waals surface area (Å²) in [4.78, 5) is 18.8. The standard InChI is InChI=1S/C17H25N7O/c25-17(20-7-3-5-15-4-1-2-6-19-15)16-14-24(22-21-16)13-12-23-10-8-18-9-11-23/h1-2,4,6,14,18H,3,5,7-13H2,(H,20,25). The van der Waals surface area contributed by atoms with E-state index in [1.165, 1.54) is 0 Å². The molecular formula is C17H25N7O. The Kier molecular flexibility index (Phi) is 6.47. The summed E-state index contributed by atoms with van der Waals surface area (Å²) in [6, 6.07) is 5.86. The number of amides is 1. The summed E-state index contributed by atoms with van der Waals surface area (Å²) in [6.07, 6.45) is 5.20. The number of carbonyl (C=O) groups excluding carboxylic acids is 1. The number of hydrogen-bond donors (Lipinski definition) is 2. The van der Waals surface area contributed by atoms with E-state index in [1.807, 2.05) is 18.2 Å². The Bertz CT molecular complexity index is 652. The lowest BCUT2D eigenvalue weighted by Crippen LogP contribution is -2.44. The van der Waals surface area contributed by atoms with Crippen LogP contribution < -0.4 is 10.6 Å². The summed E-state index contributed by atoms with van der Waals surface area (Å²) in [5.74, 6) is -0.172. The van der Waals surface area contributed by atoms with Crippen LogP contribution in [0.2, 0.25) is 0 Å². The van der Waals surface area contributed by atoms with Gasteiger partial charge in [-0.25, -0.2) is 0 Å². The molecule has 0 radical (unpaired) electrons. The van der Waals surface area contributed by atoms with Gasteiger partial charge >= 0.3 is 0 Å². The van der Waals surface area contributed by atoms with Crippen molar-refractivity contribution in [3.05, 3.63) is 42.0 Å². The molecule has 1 aliphatic heterocycles. The first-order valence-corrected chi connectivity index (χ1v) is 8.82. The van der Waals surface area contributed by atoms with Gasteiger partial charge in [-0.15, -0.1) is 5.10 Å². The Morgan fingerprint density at radius 3 is 2.92 bits per heavy atom. The fourth-order valence-electron chi connectivity index (χ4n) is 2.80. The van der Waals surface area contributed by atoms with Crippen LogP contribution in [0, 0.1) is 0 Å². The molecule has 1 aliphatic rings. The molecule has 25 heavy (non-hydrogen) atoms. The van der Waals surface area contributed by atoms with Crippen LogP contribution in [0.4, 0.5) is 0 Å². The maximum Gasteiger partial charge on any atom is 0.273 e. The molecule has 3 heterocycles. The summed E-state index contributed by atoms with van der Waals surface area (Å²) < 4.78 is 1.74. The third kappa shape index (κ3) is 5.61. The number of rotatable bonds is 8. The lowest BCUT2D eigenvalue weighted by molar-refractivity contribution is 0.0948. The van der Waals surface area contributed by atoms with Crippen molar-refractivity contribution < 1.29 is 4.79 Å². The maximum absolute atomic E-state index is 12.1. The average Bonchev–Trinajstić information content (AvgIpc) is 3.14. The third-order valence-electron chi connectivity index (χ3n) is 4.25. The van der Waals surface area contributed by atoms with Gasteiger partial charge in [0.1, 0.15) is 0 Å². The number of carbonyl (C=O) groups is 1. The van der Waals surface area contributed by atoms with Gasteiger partial charge in [-0.1, -0.05) is 11.3 Å². The minimum absolute atomic E-state index is 0.172. The van der Waals surface area contributed by atoms with Crippen molar-refractivity contribution >= 4 is 5.91 Å². The molecule has 8 heteroatoms. The molecule has 0 spiro atoms. The van der Waals surface area contributed by atoms with E-state index in [9.17, 15) is 4.79 Å². The van der Waals surface area contributed by atoms with E-state index < -0.39 is 0 Å². The van der Waals surface area contributed by atoms with Gasteiger partial charge in [0.15, 0.2) is 5.69 Å². The monoisotopic (exact) mass is 343 g/mol. The molecule has 2 aromatic rings. The van der Waals surface area contributed by atoms with E-state index in [2.05, 4.69) is 30.8 Å². The molecule has 1 saturated heterocycles. The molecule has 0 saturated carbocycles. The normalized spacial score (nSPS) is 15.2. The fraction of sp³-hybridized carbons (Fsp3) is 0.529. The number of pyridine rings is 1. The van der Waals surface area contributed by atoms with Gasteiger partial charge < -0.3 is 10.6 Å². The number of nitrogens with one attached hydrogen (secondary N) is 2. The van der Waals surface area contributed by atoms with Gasteiger partial charge in [-0.2, -0.15) is 0 Å². The second kappa shape index (κ2) is 9.24. The quantitative estimate of drug-likeness (QED) is 0.653. The largest absolute Gasteiger partial charge is 0.351 e. The predicted molar refractivity (Wildman–Crippen MR) is 94.2 cm³/mol. The predicted octanol–water partition coefficient (Wildman–Crippen LogP) is -0.0591. The zero-order chi connectivity index (χ0) is 17.3. The molecule has 2 aromatic heterocycles.